The van der Waals surface area contributed by atoms with E-state index in [-0.39, 0.29) is 5.91 Å². The van der Waals surface area contributed by atoms with Gasteiger partial charge in [-0.3, -0.25) is 19.7 Å². The average Bonchev–Trinajstić information content (AvgIpc) is 2.91. The molecular weight excluding hydrogens is 462 g/mol. The molecule has 0 unspecified atom stereocenters. The highest BCUT2D eigenvalue weighted by atomic mass is 16.1. The largest absolute Gasteiger partial charge is 0.351 e. The highest BCUT2D eigenvalue weighted by Gasteiger charge is 2.23. The van der Waals surface area contributed by atoms with Crippen LogP contribution in [0.15, 0.2) is 73.5 Å². The molecular formula is C29H25N7O. The number of nitriles is 2. The molecule has 8 nitrogen and oxygen atoms in total. The van der Waals surface area contributed by atoms with Gasteiger partial charge in [0, 0.05) is 59.3 Å². The minimum absolute atomic E-state index is 0.345. The molecule has 0 radical (unpaired) electrons. The van der Waals surface area contributed by atoms with Crippen LogP contribution in [0, 0.1) is 29.6 Å². The minimum atomic E-state index is -0.820. The number of carbonyl (C=O) groups excluding carboxylic acids is 1. The van der Waals surface area contributed by atoms with Crippen LogP contribution in [0.1, 0.15) is 46.9 Å². The van der Waals surface area contributed by atoms with Crippen molar-refractivity contribution in [2.45, 2.75) is 26.2 Å². The molecule has 0 spiro atoms. The van der Waals surface area contributed by atoms with E-state index in [1.165, 1.54) is 6.20 Å². The lowest BCUT2D eigenvalue weighted by atomic mass is 9.90. The van der Waals surface area contributed by atoms with Crippen LogP contribution < -0.4 is 5.32 Å². The number of pyridine rings is 3. The molecule has 0 atom stereocenters. The van der Waals surface area contributed by atoms with E-state index in [9.17, 15) is 15.3 Å². The quantitative estimate of drug-likeness (QED) is 0.530. The Labute approximate surface area is 215 Å². The van der Waals surface area contributed by atoms with Crippen LogP contribution in [-0.2, 0) is 5.41 Å². The second-order valence-corrected chi connectivity index (χ2v) is 9.23. The van der Waals surface area contributed by atoms with Gasteiger partial charge < -0.3 is 10.2 Å². The first kappa shape index (κ1) is 25.0. The molecule has 0 fully saturated rings. The zero-order valence-electron chi connectivity index (χ0n) is 21.1. The number of nitrogens with one attached hydrogen (secondary N) is 1. The topological polar surface area (TPSA) is 119 Å². The molecule has 1 N–H and O–H groups in total. The van der Waals surface area contributed by atoms with Crippen LogP contribution in [0.25, 0.3) is 16.7 Å². The van der Waals surface area contributed by atoms with Crippen molar-refractivity contribution >= 4 is 17.2 Å². The highest BCUT2D eigenvalue weighted by molar-refractivity contribution is 6.04. The maximum absolute atomic E-state index is 13.0. The predicted molar refractivity (Wildman–Crippen MR) is 142 cm³/mol. The van der Waals surface area contributed by atoms with Crippen LogP contribution >= 0.6 is 0 Å². The minimum Gasteiger partial charge on any atom is -0.351 e. The van der Waals surface area contributed by atoms with Crippen LogP contribution in [0.3, 0.4) is 0 Å². The fourth-order valence-electron chi connectivity index (χ4n) is 3.77. The van der Waals surface area contributed by atoms with Crippen LogP contribution in [0.2, 0.25) is 0 Å². The van der Waals surface area contributed by atoms with E-state index in [2.05, 4.69) is 39.0 Å². The zero-order valence-corrected chi connectivity index (χ0v) is 21.1. The molecule has 1 amide bonds. The third-order valence-electron chi connectivity index (χ3n) is 6.12. The Balaban J connectivity index is 1.64. The molecule has 8 heteroatoms. The number of aromatic nitrogens is 3. The molecule has 37 heavy (non-hydrogen) atoms. The second kappa shape index (κ2) is 9.88. The lowest BCUT2D eigenvalue weighted by molar-refractivity contribution is 0.102. The van der Waals surface area contributed by atoms with Gasteiger partial charge in [-0.05, 0) is 57.2 Å². The Hall–Kier alpha value is -5.08. The number of aryl methyl sites for hydroxylation is 1. The maximum atomic E-state index is 13.0. The summed E-state index contributed by atoms with van der Waals surface area (Å²) in [6, 6.07) is 11.2. The molecule has 4 rings (SSSR count). The van der Waals surface area contributed by atoms with E-state index in [1.807, 2.05) is 37.2 Å². The van der Waals surface area contributed by atoms with Crippen molar-refractivity contribution in [2.75, 3.05) is 12.4 Å². The predicted octanol–water partition coefficient (Wildman–Crippen LogP) is 5.13. The van der Waals surface area contributed by atoms with E-state index in [1.54, 1.807) is 50.5 Å². The van der Waals surface area contributed by atoms with E-state index in [4.69, 9.17) is 0 Å². The van der Waals surface area contributed by atoms with E-state index < -0.39 is 5.41 Å². The van der Waals surface area contributed by atoms with Crippen molar-refractivity contribution in [3.8, 4) is 23.3 Å². The number of hydrogen-bond acceptors (Lipinski definition) is 7. The Kier molecular flexibility index (Phi) is 6.69. The monoisotopic (exact) mass is 487 g/mol. The number of amides is 1. The second-order valence-electron chi connectivity index (χ2n) is 9.23. The number of anilines is 1. The van der Waals surface area contributed by atoms with Gasteiger partial charge in [-0.25, -0.2) is 0 Å². The number of nitrogens with zero attached hydrogens (tertiary/aromatic N) is 6. The Morgan fingerprint density at radius 3 is 2.59 bits per heavy atom. The van der Waals surface area contributed by atoms with Crippen LogP contribution in [0.5, 0.6) is 0 Å². The van der Waals surface area contributed by atoms with Crippen molar-refractivity contribution in [1.82, 2.24) is 19.9 Å². The summed E-state index contributed by atoms with van der Waals surface area (Å²) in [6.45, 7) is 9.30. The molecule has 3 aromatic rings. The summed E-state index contributed by atoms with van der Waals surface area (Å²) < 4.78 is 0. The molecule has 1 aliphatic heterocycles. The molecule has 0 bridgehead atoms. The van der Waals surface area contributed by atoms with E-state index >= 15 is 0 Å². The van der Waals surface area contributed by atoms with Gasteiger partial charge in [0.2, 0.25) is 0 Å². The number of allylic oxidation sites excluding steroid dienone is 3. The van der Waals surface area contributed by atoms with Crippen molar-refractivity contribution in [3.05, 3.63) is 102 Å². The lowest BCUT2D eigenvalue weighted by Gasteiger charge is -2.20. The third-order valence-corrected chi connectivity index (χ3v) is 6.12. The summed E-state index contributed by atoms with van der Waals surface area (Å²) in [5.41, 5.74) is 5.40. The Morgan fingerprint density at radius 2 is 1.89 bits per heavy atom. The first-order valence-corrected chi connectivity index (χ1v) is 11.5. The van der Waals surface area contributed by atoms with Crippen LogP contribution in [0.4, 0.5) is 5.69 Å². The SMILES string of the molecule is C=C1C=CC(c2ncc(-c3cc(NC(=O)c4ccnc(C(C)(C)C#N)c4)cnc3C)cc2C#N)=CN1C. The molecule has 182 valence electrons. The van der Waals surface area contributed by atoms with Gasteiger partial charge in [0.15, 0.2) is 0 Å². The van der Waals surface area contributed by atoms with Crippen LogP contribution in [-0.4, -0.2) is 32.8 Å². The van der Waals surface area contributed by atoms with E-state index in [0.29, 0.717) is 33.8 Å². The number of rotatable bonds is 5. The van der Waals surface area contributed by atoms with Crippen molar-refractivity contribution in [3.63, 3.8) is 0 Å². The summed E-state index contributed by atoms with van der Waals surface area (Å²) in [7, 11) is 1.89. The normalized spacial score (nSPS) is 13.0. The van der Waals surface area contributed by atoms with Gasteiger partial charge in [-0.2, -0.15) is 10.5 Å². The zero-order chi connectivity index (χ0) is 26.7. The molecule has 0 saturated carbocycles. The third kappa shape index (κ3) is 5.14. The molecule has 4 heterocycles. The summed E-state index contributed by atoms with van der Waals surface area (Å²) >= 11 is 0. The fraction of sp³-hybridized carbons (Fsp3) is 0.172. The number of carbonyl (C=O) groups is 1. The molecule has 0 aliphatic carbocycles. The van der Waals surface area contributed by atoms with Gasteiger partial charge in [-0.15, -0.1) is 0 Å². The van der Waals surface area contributed by atoms with Crippen molar-refractivity contribution in [1.29, 1.82) is 10.5 Å². The summed E-state index contributed by atoms with van der Waals surface area (Å²) in [5.74, 6) is -0.345. The van der Waals surface area contributed by atoms with Gasteiger partial charge in [0.05, 0.1) is 40.3 Å². The number of hydrogen-bond donors (Lipinski definition) is 1. The fourth-order valence-corrected chi connectivity index (χ4v) is 3.77. The lowest BCUT2D eigenvalue weighted by Crippen LogP contribution is -2.18. The average molecular weight is 488 g/mol. The molecule has 0 aromatic carbocycles. The summed E-state index contributed by atoms with van der Waals surface area (Å²) in [6.07, 6.45) is 10.4. The summed E-state index contributed by atoms with van der Waals surface area (Å²) in [5, 5.41) is 22.1. The Morgan fingerprint density at radius 1 is 1.11 bits per heavy atom. The maximum Gasteiger partial charge on any atom is 0.255 e. The Bertz CT molecular complexity index is 1570. The first-order valence-electron chi connectivity index (χ1n) is 11.5. The standard InChI is InChI=1S/C29H25N7O/c1-18-6-7-21(16-36(18)5)27-22(13-30)10-23(14-34-27)25-12-24(15-33-19(25)2)35-28(37)20-8-9-32-26(11-20)29(3,4)17-31/h6-12,14-16H,1H2,2-5H3,(H,35,37). The first-order chi connectivity index (χ1) is 17.6. The van der Waals surface area contributed by atoms with Gasteiger partial charge in [0.1, 0.15) is 6.07 Å². The van der Waals surface area contributed by atoms with Crippen molar-refractivity contribution in [2.24, 2.45) is 0 Å². The molecule has 0 saturated heterocycles. The summed E-state index contributed by atoms with van der Waals surface area (Å²) in [4.78, 5) is 28.1. The highest BCUT2D eigenvalue weighted by Crippen LogP contribution is 2.30. The van der Waals surface area contributed by atoms with Gasteiger partial charge >= 0.3 is 0 Å². The van der Waals surface area contributed by atoms with Gasteiger partial charge in [0.25, 0.3) is 5.91 Å². The number of likely N-dealkylation sites (N-methyl/N-ethyl adjacent to an activating group) is 1. The van der Waals surface area contributed by atoms with Crippen molar-refractivity contribution < 1.29 is 4.79 Å². The van der Waals surface area contributed by atoms with E-state index in [0.717, 1.165) is 22.5 Å². The smallest absolute Gasteiger partial charge is 0.255 e. The molecule has 1 aliphatic rings. The van der Waals surface area contributed by atoms with Gasteiger partial charge in [-0.1, -0.05) is 6.58 Å². The molecule has 3 aromatic heterocycles.